The van der Waals surface area contributed by atoms with Crippen molar-refractivity contribution in [3.63, 3.8) is 0 Å². The molecule has 19 heavy (non-hydrogen) atoms. The summed E-state index contributed by atoms with van der Waals surface area (Å²) in [7, 11) is -6.50. The van der Waals surface area contributed by atoms with E-state index in [1.165, 1.54) is 0 Å². The predicted octanol–water partition coefficient (Wildman–Crippen LogP) is 0.670. The lowest BCUT2D eigenvalue weighted by molar-refractivity contribution is 0.526. The second-order valence-corrected chi connectivity index (χ2v) is 9.31. The fourth-order valence-electron chi connectivity index (χ4n) is 1.57. The summed E-state index contributed by atoms with van der Waals surface area (Å²) in [5.41, 5.74) is 0. The average molecular weight is 314 g/mol. The molecule has 0 aromatic heterocycles. The van der Waals surface area contributed by atoms with Crippen molar-refractivity contribution in [3.05, 3.63) is 0 Å². The van der Waals surface area contributed by atoms with Crippen LogP contribution in [0.15, 0.2) is 0 Å². The van der Waals surface area contributed by atoms with Crippen LogP contribution >= 0.6 is 0 Å². The molecular weight excluding hydrogens is 288 g/mol. The summed E-state index contributed by atoms with van der Waals surface area (Å²) in [5.74, 6) is 0.354. The van der Waals surface area contributed by atoms with Crippen LogP contribution in [0.25, 0.3) is 0 Å². The molecule has 0 spiro atoms. The van der Waals surface area contributed by atoms with Crippen LogP contribution in [0.5, 0.6) is 0 Å². The minimum absolute atomic E-state index is 0.0319. The summed E-state index contributed by atoms with van der Waals surface area (Å²) in [6.45, 7) is 7.69. The van der Waals surface area contributed by atoms with Crippen LogP contribution in [-0.2, 0) is 20.0 Å². The first kappa shape index (κ1) is 18.8. The van der Waals surface area contributed by atoms with Gasteiger partial charge in [-0.15, -0.1) is 0 Å². The van der Waals surface area contributed by atoms with Crippen LogP contribution in [-0.4, -0.2) is 40.9 Å². The van der Waals surface area contributed by atoms with Gasteiger partial charge in [0.15, 0.2) is 0 Å². The van der Waals surface area contributed by atoms with Gasteiger partial charge in [-0.2, -0.15) is 0 Å². The van der Waals surface area contributed by atoms with E-state index in [0.717, 1.165) is 0 Å². The topological polar surface area (TPSA) is 92.3 Å². The minimum atomic E-state index is -3.30. The Hall–Kier alpha value is -0.180. The van der Waals surface area contributed by atoms with E-state index in [0.29, 0.717) is 18.8 Å². The molecule has 116 valence electrons. The number of nitrogens with one attached hydrogen (secondary N) is 2. The van der Waals surface area contributed by atoms with Gasteiger partial charge in [0.1, 0.15) is 0 Å². The predicted molar refractivity (Wildman–Crippen MR) is 77.9 cm³/mol. The smallest absolute Gasteiger partial charge is 0.214 e. The van der Waals surface area contributed by atoms with Gasteiger partial charge in [0.25, 0.3) is 0 Å². The van der Waals surface area contributed by atoms with Crippen molar-refractivity contribution >= 4 is 20.0 Å². The van der Waals surface area contributed by atoms with Crippen molar-refractivity contribution in [3.8, 4) is 0 Å². The maximum absolute atomic E-state index is 11.8. The van der Waals surface area contributed by atoms with Gasteiger partial charge < -0.3 is 0 Å². The molecule has 0 saturated heterocycles. The fourth-order valence-corrected chi connectivity index (χ4v) is 3.58. The molecule has 0 aliphatic rings. The highest BCUT2D eigenvalue weighted by Crippen LogP contribution is 2.10. The quantitative estimate of drug-likeness (QED) is 0.580. The first-order chi connectivity index (χ1) is 8.60. The van der Waals surface area contributed by atoms with E-state index in [9.17, 15) is 16.8 Å². The monoisotopic (exact) mass is 314 g/mol. The van der Waals surface area contributed by atoms with Gasteiger partial charge in [0.2, 0.25) is 20.0 Å². The molecule has 0 saturated carbocycles. The Morgan fingerprint density at radius 2 is 1.47 bits per heavy atom. The van der Waals surface area contributed by atoms with Gasteiger partial charge in [0.05, 0.1) is 11.0 Å². The Morgan fingerprint density at radius 1 is 0.947 bits per heavy atom. The maximum atomic E-state index is 11.8. The van der Waals surface area contributed by atoms with Crippen molar-refractivity contribution in [2.24, 2.45) is 5.92 Å². The van der Waals surface area contributed by atoms with E-state index < -0.39 is 25.3 Å². The van der Waals surface area contributed by atoms with Gasteiger partial charge in [-0.05, 0) is 32.6 Å². The molecule has 0 radical (unpaired) electrons. The molecule has 8 heteroatoms. The van der Waals surface area contributed by atoms with Crippen molar-refractivity contribution in [2.45, 2.75) is 45.8 Å². The molecule has 0 rings (SSSR count). The Kier molecular flexibility index (Phi) is 8.11. The van der Waals surface area contributed by atoms with Crippen LogP contribution < -0.4 is 9.44 Å². The highest BCUT2D eigenvalue weighted by Gasteiger charge is 2.20. The molecule has 0 aromatic carbocycles. The summed E-state index contributed by atoms with van der Waals surface area (Å²) in [6.07, 6.45) is 1.05. The highest BCUT2D eigenvalue weighted by atomic mass is 32.2. The zero-order valence-corrected chi connectivity index (χ0v) is 13.8. The van der Waals surface area contributed by atoms with Gasteiger partial charge in [-0.3, -0.25) is 0 Å². The van der Waals surface area contributed by atoms with Crippen molar-refractivity contribution < 1.29 is 16.8 Å². The third-order valence-corrected chi connectivity index (χ3v) is 5.95. The molecule has 0 heterocycles. The molecule has 0 fully saturated rings. The summed E-state index contributed by atoms with van der Waals surface area (Å²) in [4.78, 5) is 0. The second-order valence-electron chi connectivity index (χ2n) is 5.03. The molecule has 0 amide bonds. The standard InChI is InChI=1S/C11H26N2O4S2/c1-5-18(14,15)12-7-6-8-13-19(16,17)11(4)9-10(2)3/h10-13H,5-9H2,1-4H3/t11-/m1/s1. The van der Waals surface area contributed by atoms with Crippen molar-refractivity contribution in [1.29, 1.82) is 0 Å². The molecule has 0 aliphatic carbocycles. The number of hydrogen-bond acceptors (Lipinski definition) is 4. The zero-order chi connectivity index (χ0) is 15.1. The van der Waals surface area contributed by atoms with Crippen LogP contribution in [0.4, 0.5) is 0 Å². The lowest BCUT2D eigenvalue weighted by atomic mass is 10.1. The summed E-state index contributed by atoms with van der Waals surface area (Å²) >= 11 is 0. The summed E-state index contributed by atoms with van der Waals surface area (Å²) in [6, 6.07) is 0. The summed E-state index contributed by atoms with van der Waals surface area (Å²) in [5, 5.41) is -0.431. The third kappa shape index (κ3) is 8.56. The molecule has 0 bridgehead atoms. The minimum Gasteiger partial charge on any atom is -0.215 e. The average Bonchev–Trinajstić information content (AvgIpc) is 2.27. The second kappa shape index (κ2) is 8.18. The molecule has 0 aliphatic heterocycles. The van der Waals surface area contributed by atoms with E-state index in [1.807, 2.05) is 13.8 Å². The molecular formula is C11H26N2O4S2. The van der Waals surface area contributed by atoms with Crippen LogP contribution in [0.3, 0.4) is 0 Å². The molecule has 6 nitrogen and oxygen atoms in total. The Bertz CT molecular complexity index is 443. The number of hydrogen-bond donors (Lipinski definition) is 2. The van der Waals surface area contributed by atoms with Crippen LogP contribution in [0.1, 0.15) is 40.5 Å². The van der Waals surface area contributed by atoms with Crippen LogP contribution in [0.2, 0.25) is 0 Å². The van der Waals surface area contributed by atoms with E-state index in [2.05, 4.69) is 9.44 Å². The van der Waals surface area contributed by atoms with Crippen molar-refractivity contribution in [2.75, 3.05) is 18.8 Å². The van der Waals surface area contributed by atoms with E-state index in [4.69, 9.17) is 0 Å². The highest BCUT2D eigenvalue weighted by molar-refractivity contribution is 7.90. The van der Waals surface area contributed by atoms with Gasteiger partial charge in [-0.1, -0.05) is 13.8 Å². The van der Waals surface area contributed by atoms with E-state index in [-0.39, 0.29) is 18.8 Å². The Morgan fingerprint density at radius 3 is 1.95 bits per heavy atom. The zero-order valence-electron chi connectivity index (χ0n) is 12.1. The molecule has 2 N–H and O–H groups in total. The molecule has 0 aromatic rings. The first-order valence-corrected chi connectivity index (χ1v) is 9.76. The first-order valence-electron chi connectivity index (χ1n) is 6.56. The molecule has 1 atom stereocenters. The lowest BCUT2D eigenvalue weighted by Crippen LogP contribution is -2.35. The molecule has 0 unspecified atom stereocenters. The van der Waals surface area contributed by atoms with E-state index in [1.54, 1.807) is 13.8 Å². The third-order valence-electron chi connectivity index (χ3n) is 2.69. The largest absolute Gasteiger partial charge is 0.215 e. The normalized spacial score (nSPS) is 14.8. The number of rotatable bonds is 10. The van der Waals surface area contributed by atoms with Crippen molar-refractivity contribution in [1.82, 2.24) is 9.44 Å². The Balaban J connectivity index is 4.00. The summed E-state index contributed by atoms with van der Waals surface area (Å²) < 4.78 is 50.8. The van der Waals surface area contributed by atoms with Gasteiger partial charge in [0, 0.05) is 13.1 Å². The Labute approximate surface area is 117 Å². The van der Waals surface area contributed by atoms with Gasteiger partial charge >= 0.3 is 0 Å². The van der Waals surface area contributed by atoms with Gasteiger partial charge in [-0.25, -0.2) is 26.3 Å². The maximum Gasteiger partial charge on any atom is 0.214 e. The number of sulfonamides is 2. The fraction of sp³-hybridized carbons (Fsp3) is 1.00. The lowest BCUT2D eigenvalue weighted by Gasteiger charge is -2.15. The van der Waals surface area contributed by atoms with E-state index >= 15 is 0 Å². The SMILES string of the molecule is CCS(=O)(=O)NCCCNS(=O)(=O)[C@H](C)CC(C)C. The van der Waals surface area contributed by atoms with Crippen LogP contribution in [0, 0.1) is 5.92 Å².